The van der Waals surface area contributed by atoms with Gasteiger partial charge in [-0.2, -0.15) is 22.8 Å². The highest BCUT2D eigenvalue weighted by Gasteiger charge is 2.37. The Morgan fingerprint density at radius 2 is 2.00 bits per heavy atom. The van der Waals surface area contributed by atoms with Crippen molar-refractivity contribution in [1.29, 1.82) is 0 Å². The maximum absolute atomic E-state index is 12.9. The van der Waals surface area contributed by atoms with E-state index in [1.54, 1.807) is 18.2 Å². The number of hydrogen-bond donors (Lipinski definition) is 0. The molecule has 5 nitrogen and oxygen atoms in total. The van der Waals surface area contributed by atoms with E-state index in [1.807, 2.05) is 6.07 Å². The standard InChI is InChI=1S/C14H10ClF3N4OS/c1-23-10-3-2-8(6-9(10)15)7-24-12-5-4-11-19-20-13(14(16,17)18)22(11)21-12/h2-6H,7H2,1H3. The Labute approximate surface area is 143 Å². The summed E-state index contributed by atoms with van der Waals surface area (Å²) in [5.74, 6) is -0.0946. The van der Waals surface area contributed by atoms with Gasteiger partial charge in [-0.05, 0) is 29.8 Å². The van der Waals surface area contributed by atoms with Gasteiger partial charge in [-0.1, -0.05) is 29.4 Å². The van der Waals surface area contributed by atoms with Crippen LogP contribution in [-0.4, -0.2) is 26.9 Å². The minimum atomic E-state index is -4.61. The molecule has 0 spiro atoms. The van der Waals surface area contributed by atoms with E-state index in [-0.39, 0.29) is 5.65 Å². The number of rotatable bonds is 4. The minimum Gasteiger partial charge on any atom is -0.495 e. The third-order valence-corrected chi connectivity index (χ3v) is 4.38. The first-order valence-electron chi connectivity index (χ1n) is 6.63. The molecule has 10 heteroatoms. The highest BCUT2D eigenvalue weighted by atomic mass is 35.5. The van der Waals surface area contributed by atoms with E-state index < -0.39 is 12.0 Å². The molecule has 0 saturated carbocycles. The molecule has 3 aromatic rings. The molecule has 0 bridgehead atoms. The minimum absolute atomic E-state index is 0.0409. The summed E-state index contributed by atoms with van der Waals surface area (Å²) in [7, 11) is 1.52. The molecular formula is C14H10ClF3N4OS. The van der Waals surface area contributed by atoms with E-state index in [2.05, 4.69) is 15.3 Å². The lowest BCUT2D eigenvalue weighted by molar-refractivity contribution is -0.146. The van der Waals surface area contributed by atoms with Crippen LogP contribution in [0.5, 0.6) is 5.75 Å². The maximum Gasteiger partial charge on any atom is 0.453 e. The number of methoxy groups -OCH3 is 1. The quantitative estimate of drug-likeness (QED) is 0.644. The summed E-state index contributed by atoms with van der Waals surface area (Å²) >= 11 is 7.33. The fourth-order valence-corrected chi connectivity index (χ4v) is 3.06. The van der Waals surface area contributed by atoms with Crippen molar-refractivity contribution in [3.63, 3.8) is 0 Å². The van der Waals surface area contributed by atoms with Crippen LogP contribution in [0.15, 0.2) is 35.4 Å². The SMILES string of the molecule is COc1ccc(CSc2ccc3nnc(C(F)(F)F)n3n2)cc1Cl. The Bertz CT molecular complexity index is 884. The summed E-state index contributed by atoms with van der Waals surface area (Å²) in [4.78, 5) is 0. The van der Waals surface area contributed by atoms with Crippen molar-refractivity contribution in [2.45, 2.75) is 17.0 Å². The third kappa shape index (κ3) is 3.41. The number of halogens is 4. The second-order valence-corrected chi connectivity index (χ2v) is 6.12. The van der Waals surface area contributed by atoms with Gasteiger partial charge in [0.2, 0.25) is 0 Å². The zero-order valence-corrected chi connectivity index (χ0v) is 13.8. The number of nitrogens with zero attached hydrogens (tertiary/aromatic N) is 4. The van der Waals surface area contributed by atoms with E-state index in [0.29, 0.717) is 26.1 Å². The molecule has 0 amide bonds. The van der Waals surface area contributed by atoms with Crippen LogP contribution in [0.3, 0.4) is 0 Å². The third-order valence-electron chi connectivity index (χ3n) is 3.09. The zero-order valence-electron chi connectivity index (χ0n) is 12.2. The van der Waals surface area contributed by atoms with Gasteiger partial charge in [0.15, 0.2) is 5.65 Å². The predicted octanol–water partition coefficient (Wildman–Crippen LogP) is 4.10. The van der Waals surface area contributed by atoms with Gasteiger partial charge >= 0.3 is 6.18 Å². The van der Waals surface area contributed by atoms with Gasteiger partial charge in [-0.25, -0.2) is 0 Å². The van der Waals surface area contributed by atoms with Gasteiger partial charge in [-0.3, -0.25) is 0 Å². The first-order valence-corrected chi connectivity index (χ1v) is 7.99. The number of alkyl halides is 3. The van der Waals surface area contributed by atoms with Crippen LogP contribution in [0, 0.1) is 0 Å². The van der Waals surface area contributed by atoms with E-state index in [0.717, 1.165) is 5.56 Å². The number of hydrogen-bond acceptors (Lipinski definition) is 5. The van der Waals surface area contributed by atoms with Crippen LogP contribution in [0.2, 0.25) is 5.02 Å². The number of ether oxygens (including phenoxy) is 1. The van der Waals surface area contributed by atoms with Gasteiger partial charge in [0.1, 0.15) is 10.8 Å². The van der Waals surface area contributed by atoms with Crippen LogP contribution in [0.4, 0.5) is 13.2 Å². The lowest BCUT2D eigenvalue weighted by atomic mass is 10.2. The molecule has 0 aliphatic heterocycles. The molecule has 0 unspecified atom stereocenters. The summed E-state index contributed by atoms with van der Waals surface area (Å²) in [5, 5.41) is 11.4. The average Bonchev–Trinajstić information content (AvgIpc) is 2.96. The van der Waals surface area contributed by atoms with Crippen molar-refractivity contribution in [3.8, 4) is 5.75 Å². The molecular weight excluding hydrogens is 365 g/mol. The number of thioether (sulfide) groups is 1. The fourth-order valence-electron chi connectivity index (χ4n) is 1.98. The van der Waals surface area contributed by atoms with Crippen molar-refractivity contribution in [1.82, 2.24) is 19.8 Å². The summed E-state index contributed by atoms with van der Waals surface area (Å²) in [6, 6.07) is 8.34. The molecule has 24 heavy (non-hydrogen) atoms. The topological polar surface area (TPSA) is 52.3 Å². The second-order valence-electron chi connectivity index (χ2n) is 4.72. The summed E-state index contributed by atoms with van der Waals surface area (Å²) in [6.45, 7) is 0. The monoisotopic (exact) mass is 374 g/mol. The molecule has 0 atom stereocenters. The fraction of sp³-hybridized carbons (Fsp3) is 0.214. The van der Waals surface area contributed by atoms with Crippen LogP contribution < -0.4 is 4.74 Å². The molecule has 0 N–H and O–H groups in total. The molecule has 0 radical (unpaired) electrons. The van der Waals surface area contributed by atoms with Crippen LogP contribution >= 0.6 is 23.4 Å². The molecule has 0 aliphatic carbocycles. The normalized spacial score (nSPS) is 11.9. The van der Waals surface area contributed by atoms with E-state index in [4.69, 9.17) is 16.3 Å². The predicted molar refractivity (Wildman–Crippen MR) is 83.3 cm³/mol. The Morgan fingerprint density at radius 1 is 1.21 bits per heavy atom. The molecule has 0 saturated heterocycles. The lowest BCUT2D eigenvalue weighted by Crippen LogP contribution is -2.12. The van der Waals surface area contributed by atoms with Gasteiger partial charge < -0.3 is 4.74 Å². The number of fused-ring (bicyclic) bond motifs is 1. The molecule has 0 fully saturated rings. The number of benzene rings is 1. The average molecular weight is 375 g/mol. The van der Waals surface area contributed by atoms with E-state index in [1.165, 1.54) is 24.9 Å². The Kier molecular flexibility index (Phi) is 4.55. The lowest BCUT2D eigenvalue weighted by Gasteiger charge is -2.07. The van der Waals surface area contributed by atoms with Crippen molar-refractivity contribution in [2.75, 3.05) is 7.11 Å². The highest BCUT2D eigenvalue weighted by Crippen LogP contribution is 2.30. The van der Waals surface area contributed by atoms with Gasteiger partial charge in [-0.15, -0.1) is 10.2 Å². The smallest absolute Gasteiger partial charge is 0.453 e. The molecule has 2 aromatic heterocycles. The van der Waals surface area contributed by atoms with E-state index >= 15 is 0 Å². The van der Waals surface area contributed by atoms with Crippen molar-refractivity contribution < 1.29 is 17.9 Å². The van der Waals surface area contributed by atoms with Gasteiger partial charge in [0.05, 0.1) is 12.1 Å². The van der Waals surface area contributed by atoms with Crippen molar-refractivity contribution in [3.05, 3.63) is 46.7 Å². The molecule has 3 rings (SSSR count). The molecule has 2 heterocycles. The molecule has 0 aliphatic rings. The van der Waals surface area contributed by atoms with Crippen molar-refractivity contribution >= 4 is 29.0 Å². The van der Waals surface area contributed by atoms with Crippen LogP contribution in [-0.2, 0) is 11.9 Å². The second kappa shape index (κ2) is 6.48. The Morgan fingerprint density at radius 3 is 2.67 bits per heavy atom. The largest absolute Gasteiger partial charge is 0.495 e. The summed E-state index contributed by atoms with van der Waals surface area (Å²) in [6.07, 6.45) is -4.61. The first-order chi connectivity index (χ1) is 11.4. The molecule has 126 valence electrons. The van der Waals surface area contributed by atoms with Gasteiger partial charge in [0.25, 0.3) is 5.82 Å². The number of aromatic nitrogens is 4. The van der Waals surface area contributed by atoms with E-state index in [9.17, 15) is 13.2 Å². The van der Waals surface area contributed by atoms with Crippen LogP contribution in [0.1, 0.15) is 11.4 Å². The Hall–Kier alpha value is -2.00. The first kappa shape index (κ1) is 16.8. The molecule has 1 aromatic carbocycles. The summed E-state index contributed by atoms with van der Waals surface area (Å²) < 4.78 is 44.3. The van der Waals surface area contributed by atoms with Gasteiger partial charge in [0, 0.05) is 5.75 Å². The van der Waals surface area contributed by atoms with Crippen LogP contribution in [0.25, 0.3) is 5.65 Å². The van der Waals surface area contributed by atoms with Crippen molar-refractivity contribution in [2.24, 2.45) is 0 Å². The Balaban J connectivity index is 1.81. The maximum atomic E-state index is 12.9. The highest BCUT2D eigenvalue weighted by molar-refractivity contribution is 7.98. The summed E-state index contributed by atoms with van der Waals surface area (Å²) in [5.41, 5.74) is 0.937. The zero-order chi connectivity index (χ0) is 17.3.